The molecule has 2 atom stereocenters. The zero-order valence-electron chi connectivity index (χ0n) is 16.8. The SMILES string of the molecule is COC(CNC(=O)OCC1c2ccccc2-c2ccccc21)C(=O)N[C@@H](C)C(=O)O. The molecule has 0 saturated carbocycles. The molecule has 1 aliphatic carbocycles. The third-order valence-corrected chi connectivity index (χ3v) is 5.08. The average molecular weight is 412 g/mol. The van der Waals surface area contributed by atoms with Gasteiger partial charge in [-0.3, -0.25) is 9.59 Å². The molecule has 8 nitrogen and oxygen atoms in total. The maximum absolute atomic E-state index is 12.2. The van der Waals surface area contributed by atoms with Crippen LogP contribution in [0.25, 0.3) is 11.1 Å². The monoisotopic (exact) mass is 412 g/mol. The standard InChI is InChI=1S/C22H24N2O6/c1-13(21(26)27)24-20(25)19(29-2)11-23-22(28)30-12-18-16-9-5-3-7-14(16)15-8-4-6-10-17(15)18/h3-10,13,18-19H,11-12H2,1-2H3,(H,23,28)(H,24,25)(H,26,27)/t13-,19?/m0/s1. The molecule has 8 heteroatoms. The summed E-state index contributed by atoms with van der Waals surface area (Å²) in [6.07, 6.45) is -1.72. The van der Waals surface area contributed by atoms with Gasteiger partial charge in [-0.15, -0.1) is 0 Å². The van der Waals surface area contributed by atoms with E-state index in [1.54, 1.807) is 0 Å². The van der Waals surface area contributed by atoms with E-state index < -0.39 is 30.1 Å². The number of rotatable bonds is 8. The number of ether oxygens (including phenoxy) is 2. The van der Waals surface area contributed by atoms with Crippen LogP contribution < -0.4 is 10.6 Å². The number of amides is 2. The molecule has 2 aromatic rings. The lowest BCUT2D eigenvalue weighted by molar-refractivity contribution is -0.143. The predicted molar refractivity (Wildman–Crippen MR) is 109 cm³/mol. The number of carbonyl (C=O) groups excluding carboxylic acids is 2. The van der Waals surface area contributed by atoms with Crippen LogP contribution in [0.5, 0.6) is 0 Å². The Morgan fingerprint density at radius 2 is 1.60 bits per heavy atom. The Kier molecular flexibility index (Phi) is 6.68. The number of carboxylic acid groups (broad SMARTS) is 1. The molecule has 3 N–H and O–H groups in total. The predicted octanol–water partition coefficient (Wildman–Crippen LogP) is 2.13. The van der Waals surface area contributed by atoms with Crippen LogP contribution in [0.1, 0.15) is 24.0 Å². The fourth-order valence-corrected chi connectivity index (χ4v) is 3.48. The highest BCUT2D eigenvalue weighted by molar-refractivity contribution is 5.86. The molecule has 0 spiro atoms. The summed E-state index contributed by atoms with van der Waals surface area (Å²) in [4.78, 5) is 35.1. The molecule has 1 aliphatic rings. The van der Waals surface area contributed by atoms with E-state index in [9.17, 15) is 14.4 Å². The first-order valence-electron chi connectivity index (χ1n) is 9.57. The van der Waals surface area contributed by atoms with Crippen LogP contribution >= 0.6 is 0 Å². The van der Waals surface area contributed by atoms with Gasteiger partial charge in [0.1, 0.15) is 12.6 Å². The van der Waals surface area contributed by atoms with Crippen LogP contribution in [0.4, 0.5) is 4.79 Å². The molecule has 158 valence electrons. The molecule has 2 amide bonds. The van der Waals surface area contributed by atoms with E-state index in [0.29, 0.717) is 0 Å². The van der Waals surface area contributed by atoms with Crippen LogP contribution in [0, 0.1) is 0 Å². The lowest BCUT2D eigenvalue weighted by Gasteiger charge is -2.18. The van der Waals surface area contributed by atoms with Crippen molar-refractivity contribution in [3.05, 3.63) is 59.7 Å². The minimum atomic E-state index is -1.16. The topological polar surface area (TPSA) is 114 Å². The molecule has 1 unspecified atom stereocenters. The van der Waals surface area contributed by atoms with Gasteiger partial charge in [0, 0.05) is 13.0 Å². The summed E-state index contributed by atoms with van der Waals surface area (Å²) in [5.41, 5.74) is 4.46. The first-order valence-corrected chi connectivity index (χ1v) is 9.57. The lowest BCUT2D eigenvalue weighted by atomic mass is 9.98. The number of alkyl carbamates (subject to hydrolysis) is 1. The minimum absolute atomic E-state index is 0.0684. The van der Waals surface area contributed by atoms with E-state index in [-0.39, 0.29) is 19.1 Å². The summed E-state index contributed by atoms with van der Waals surface area (Å²) in [6, 6.07) is 15.0. The molecule has 0 saturated heterocycles. The summed E-state index contributed by atoms with van der Waals surface area (Å²) in [6.45, 7) is 1.34. The van der Waals surface area contributed by atoms with Crippen molar-refractivity contribution in [1.82, 2.24) is 10.6 Å². The van der Waals surface area contributed by atoms with Crippen LogP contribution in [-0.4, -0.2) is 55.5 Å². The third kappa shape index (κ3) is 4.60. The number of fused-ring (bicyclic) bond motifs is 3. The van der Waals surface area contributed by atoms with E-state index >= 15 is 0 Å². The third-order valence-electron chi connectivity index (χ3n) is 5.08. The zero-order chi connectivity index (χ0) is 21.7. The van der Waals surface area contributed by atoms with Crippen LogP contribution in [-0.2, 0) is 19.1 Å². The Labute approximate surface area is 174 Å². The van der Waals surface area contributed by atoms with Crippen molar-refractivity contribution in [1.29, 1.82) is 0 Å². The number of benzene rings is 2. The highest BCUT2D eigenvalue weighted by Gasteiger charge is 2.29. The van der Waals surface area contributed by atoms with Crippen molar-refractivity contribution < 1.29 is 29.0 Å². The Morgan fingerprint density at radius 3 is 2.13 bits per heavy atom. The molecule has 3 rings (SSSR count). The van der Waals surface area contributed by atoms with Gasteiger partial charge in [0.15, 0.2) is 6.10 Å². The van der Waals surface area contributed by atoms with E-state index in [4.69, 9.17) is 14.6 Å². The van der Waals surface area contributed by atoms with E-state index in [1.165, 1.54) is 14.0 Å². The van der Waals surface area contributed by atoms with Crippen molar-refractivity contribution in [2.24, 2.45) is 0 Å². The van der Waals surface area contributed by atoms with Gasteiger partial charge in [0.25, 0.3) is 5.91 Å². The Bertz CT molecular complexity index is 899. The Balaban J connectivity index is 1.56. The van der Waals surface area contributed by atoms with E-state index in [2.05, 4.69) is 10.6 Å². The zero-order valence-corrected chi connectivity index (χ0v) is 16.8. The molecule has 0 fully saturated rings. The molecule has 0 aromatic heterocycles. The molecular weight excluding hydrogens is 388 g/mol. The Hall–Kier alpha value is -3.39. The number of carboxylic acids is 1. The summed E-state index contributed by atoms with van der Waals surface area (Å²) in [7, 11) is 1.30. The van der Waals surface area contributed by atoms with Crippen LogP contribution in [0.2, 0.25) is 0 Å². The maximum atomic E-state index is 12.2. The largest absolute Gasteiger partial charge is 0.480 e. The van der Waals surface area contributed by atoms with Gasteiger partial charge in [0.05, 0.1) is 6.54 Å². The first kappa shape index (κ1) is 21.3. The number of aliphatic carboxylic acids is 1. The van der Waals surface area contributed by atoms with Gasteiger partial charge >= 0.3 is 12.1 Å². The lowest BCUT2D eigenvalue weighted by Crippen LogP contribution is -2.48. The van der Waals surface area contributed by atoms with Gasteiger partial charge in [0.2, 0.25) is 0 Å². The second-order valence-corrected chi connectivity index (χ2v) is 7.00. The normalized spacial score (nSPS) is 14.2. The number of hydrogen-bond acceptors (Lipinski definition) is 5. The van der Waals surface area contributed by atoms with Crippen molar-refractivity contribution in [2.75, 3.05) is 20.3 Å². The minimum Gasteiger partial charge on any atom is -0.480 e. The van der Waals surface area contributed by atoms with E-state index in [1.807, 2.05) is 48.5 Å². The number of carbonyl (C=O) groups is 3. The summed E-state index contributed by atoms with van der Waals surface area (Å²) >= 11 is 0. The van der Waals surface area contributed by atoms with Crippen molar-refractivity contribution in [3.63, 3.8) is 0 Å². The van der Waals surface area contributed by atoms with Crippen LogP contribution in [0.15, 0.2) is 48.5 Å². The van der Waals surface area contributed by atoms with Crippen molar-refractivity contribution in [2.45, 2.75) is 25.0 Å². The average Bonchev–Trinajstić information content (AvgIpc) is 3.06. The highest BCUT2D eigenvalue weighted by Crippen LogP contribution is 2.44. The first-order chi connectivity index (χ1) is 14.4. The fraction of sp³-hybridized carbons (Fsp3) is 0.318. The van der Waals surface area contributed by atoms with E-state index in [0.717, 1.165) is 22.3 Å². The molecule has 0 heterocycles. The summed E-state index contributed by atoms with van der Waals surface area (Å²) < 4.78 is 10.4. The Morgan fingerprint density at radius 1 is 1.03 bits per heavy atom. The molecule has 0 radical (unpaired) electrons. The molecule has 30 heavy (non-hydrogen) atoms. The number of hydrogen-bond donors (Lipinski definition) is 3. The van der Waals surface area contributed by atoms with Gasteiger partial charge < -0.3 is 25.2 Å². The molecule has 0 aliphatic heterocycles. The van der Waals surface area contributed by atoms with Crippen molar-refractivity contribution in [3.8, 4) is 11.1 Å². The second-order valence-electron chi connectivity index (χ2n) is 7.00. The van der Waals surface area contributed by atoms with Crippen LogP contribution in [0.3, 0.4) is 0 Å². The molecule has 0 bridgehead atoms. The quantitative estimate of drug-likeness (QED) is 0.612. The molecular formula is C22H24N2O6. The van der Waals surface area contributed by atoms with Gasteiger partial charge in [-0.05, 0) is 29.2 Å². The smallest absolute Gasteiger partial charge is 0.407 e. The second kappa shape index (κ2) is 9.41. The molecule has 2 aromatic carbocycles. The fourth-order valence-electron chi connectivity index (χ4n) is 3.48. The summed E-state index contributed by atoms with van der Waals surface area (Å²) in [5, 5.41) is 13.7. The van der Waals surface area contributed by atoms with Gasteiger partial charge in [-0.2, -0.15) is 0 Å². The highest BCUT2D eigenvalue weighted by atomic mass is 16.5. The summed E-state index contributed by atoms with van der Waals surface area (Å²) in [5.74, 6) is -1.87. The maximum Gasteiger partial charge on any atom is 0.407 e. The number of nitrogens with one attached hydrogen (secondary N) is 2. The number of methoxy groups -OCH3 is 1. The van der Waals surface area contributed by atoms with Gasteiger partial charge in [-0.1, -0.05) is 48.5 Å². The van der Waals surface area contributed by atoms with Gasteiger partial charge in [-0.25, -0.2) is 4.79 Å². The van der Waals surface area contributed by atoms with Crippen molar-refractivity contribution >= 4 is 18.0 Å².